The molecule has 0 radical (unpaired) electrons. The van der Waals surface area contributed by atoms with E-state index >= 15 is 0 Å². The molecule has 2 amide bonds. The van der Waals surface area contributed by atoms with Crippen LogP contribution in [0.5, 0.6) is 0 Å². The summed E-state index contributed by atoms with van der Waals surface area (Å²) in [4.78, 5) is 30.0. The molecule has 3 aromatic carbocycles. The van der Waals surface area contributed by atoms with Crippen LogP contribution in [0.3, 0.4) is 0 Å². The lowest BCUT2D eigenvalue weighted by Crippen LogP contribution is -2.56. The summed E-state index contributed by atoms with van der Waals surface area (Å²) in [6.07, 6.45) is 9.15. The van der Waals surface area contributed by atoms with Crippen LogP contribution in [0.4, 0.5) is 5.69 Å². The molecule has 0 aliphatic heterocycles. The molecule has 4 aliphatic carbocycles. The van der Waals surface area contributed by atoms with Crippen LogP contribution in [0.15, 0.2) is 83.3 Å². The van der Waals surface area contributed by atoms with E-state index in [4.69, 9.17) is 0 Å². The second-order valence-corrected chi connectivity index (χ2v) is 18.4. The third-order valence-corrected chi connectivity index (χ3v) is 12.1. The second-order valence-electron chi connectivity index (χ2n) is 15.6. The third kappa shape index (κ3) is 7.99. The number of halogens is 1. The molecule has 9 heteroatoms. The van der Waals surface area contributed by atoms with Crippen molar-refractivity contribution in [2.45, 2.75) is 89.3 Å². The highest BCUT2D eigenvalue weighted by Gasteiger charge is 2.51. The van der Waals surface area contributed by atoms with Crippen LogP contribution >= 0.6 is 15.9 Å². The molecule has 4 fully saturated rings. The van der Waals surface area contributed by atoms with E-state index in [1.807, 2.05) is 87.5 Å². The van der Waals surface area contributed by atoms with Gasteiger partial charge in [0.2, 0.25) is 21.8 Å². The molecular weight excluding hydrogens is 686 g/mol. The van der Waals surface area contributed by atoms with Crippen LogP contribution in [-0.4, -0.2) is 49.5 Å². The van der Waals surface area contributed by atoms with Gasteiger partial charge in [0.1, 0.15) is 12.6 Å². The fourth-order valence-electron chi connectivity index (χ4n) is 8.90. The van der Waals surface area contributed by atoms with Crippen LogP contribution in [0.2, 0.25) is 0 Å². The van der Waals surface area contributed by atoms with Gasteiger partial charge in [-0.2, -0.15) is 0 Å². The van der Waals surface area contributed by atoms with E-state index in [-0.39, 0.29) is 24.3 Å². The molecule has 1 atom stereocenters. The summed E-state index contributed by atoms with van der Waals surface area (Å²) in [7, 11) is -3.84. The van der Waals surface area contributed by atoms with Crippen molar-refractivity contribution in [1.82, 2.24) is 10.2 Å². The van der Waals surface area contributed by atoms with Crippen molar-refractivity contribution in [1.29, 1.82) is 0 Å². The Morgan fingerprint density at radius 1 is 0.875 bits per heavy atom. The molecule has 4 bridgehead atoms. The van der Waals surface area contributed by atoms with Gasteiger partial charge in [0, 0.05) is 23.0 Å². The first-order valence-corrected chi connectivity index (χ1v) is 19.8. The predicted octanol–water partition coefficient (Wildman–Crippen LogP) is 7.24. The van der Waals surface area contributed by atoms with Gasteiger partial charge in [-0.1, -0.05) is 70.5 Å². The molecule has 0 heterocycles. The number of amides is 2. The first-order valence-electron chi connectivity index (χ1n) is 17.2. The molecule has 7 rings (SSSR count). The largest absolute Gasteiger partial charge is 0.350 e. The van der Waals surface area contributed by atoms with Crippen molar-refractivity contribution in [3.8, 4) is 0 Å². The highest BCUT2D eigenvalue weighted by atomic mass is 79.9. The van der Waals surface area contributed by atoms with Crippen LogP contribution in [0.25, 0.3) is 0 Å². The monoisotopic (exact) mass is 733 g/mol. The van der Waals surface area contributed by atoms with Gasteiger partial charge in [0.15, 0.2) is 0 Å². The van der Waals surface area contributed by atoms with Gasteiger partial charge in [-0.25, -0.2) is 8.42 Å². The van der Waals surface area contributed by atoms with Gasteiger partial charge in [0.25, 0.3) is 0 Å². The van der Waals surface area contributed by atoms with Gasteiger partial charge in [-0.3, -0.25) is 13.9 Å². The zero-order chi connectivity index (χ0) is 34.3. The molecule has 0 spiro atoms. The maximum atomic E-state index is 14.5. The fourth-order valence-corrected chi connectivity index (χ4v) is 10.2. The summed E-state index contributed by atoms with van der Waals surface area (Å²) in [5.41, 5.74) is 3.13. The lowest BCUT2D eigenvalue weighted by atomic mass is 9.48. The van der Waals surface area contributed by atoms with Gasteiger partial charge in [-0.05, 0) is 123 Å². The summed E-state index contributed by atoms with van der Waals surface area (Å²) in [5.74, 6) is 1.67. The highest BCUT2D eigenvalue weighted by Crippen LogP contribution is 2.60. The van der Waals surface area contributed by atoms with Crippen molar-refractivity contribution in [2.24, 2.45) is 17.8 Å². The Labute approximate surface area is 294 Å². The number of carbonyl (C=O) groups excluding carboxylic acids is 2. The summed E-state index contributed by atoms with van der Waals surface area (Å²) in [5, 5.41) is 3.07. The fraction of sp³-hybridized carbons (Fsp3) is 0.487. The maximum absolute atomic E-state index is 14.5. The van der Waals surface area contributed by atoms with E-state index in [1.165, 1.54) is 53.3 Å². The number of nitrogens with zero attached hydrogens (tertiary/aromatic N) is 2. The van der Waals surface area contributed by atoms with E-state index in [2.05, 4.69) is 33.4 Å². The molecule has 0 saturated heterocycles. The first kappa shape index (κ1) is 34.7. The summed E-state index contributed by atoms with van der Waals surface area (Å²) in [6.45, 7) is 5.43. The molecule has 256 valence electrons. The smallest absolute Gasteiger partial charge is 0.244 e. The molecule has 4 saturated carbocycles. The van der Waals surface area contributed by atoms with Gasteiger partial charge < -0.3 is 10.2 Å². The molecule has 0 aromatic heterocycles. The Morgan fingerprint density at radius 2 is 1.46 bits per heavy atom. The number of hydrogen-bond acceptors (Lipinski definition) is 4. The Morgan fingerprint density at radius 3 is 2.00 bits per heavy atom. The zero-order valence-electron chi connectivity index (χ0n) is 28.5. The number of anilines is 1. The maximum Gasteiger partial charge on any atom is 0.244 e. The topological polar surface area (TPSA) is 86.8 Å². The Hall–Kier alpha value is -3.17. The lowest BCUT2D eigenvalue weighted by Gasteiger charge is -2.57. The molecule has 3 aromatic rings. The van der Waals surface area contributed by atoms with Gasteiger partial charge in [0.05, 0.1) is 11.9 Å². The Kier molecular flexibility index (Phi) is 9.84. The average Bonchev–Trinajstić information content (AvgIpc) is 3.00. The van der Waals surface area contributed by atoms with E-state index < -0.39 is 34.1 Å². The zero-order valence-corrected chi connectivity index (χ0v) is 30.9. The van der Waals surface area contributed by atoms with Crippen molar-refractivity contribution < 1.29 is 18.0 Å². The number of sulfonamides is 1. The number of rotatable bonds is 11. The molecule has 4 aliphatic rings. The SMILES string of the molecule is CC(C)(C)NC(=O)C(Cc1ccccc1)N(Cc1cccc(Br)c1)C(=O)CN(c1ccc(C23CC4CC(CC(C4)C2)C3)cc1)S(C)(=O)=O. The number of carbonyl (C=O) groups is 2. The van der Waals surface area contributed by atoms with Crippen LogP contribution in [0, 0.1) is 17.8 Å². The summed E-state index contributed by atoms with van der Waals surface area (Å²) >= 11 is 3.53. The van der Waals surface area contributed by atoms with Crippen molar-refractivity contribution in [3.05, 3.63) is 100 Å². The van der Waals surface area contributed by atoms with Gasteiger partial charge >= 0.3 is 0 Å². The standard InChI is InChI=1S/C39H48BrN3O4S/c1-38(2,3)41-37(45)35(21-27-9-6-5-7-10-27)42(25-28-11-8-12-33(40)20-28)36(44)26-43(48(4,46)47)34-15-13-32(14-16-34)39-22-29-17-30(23-39)19-31(18-29)24-39/h5-16,20,29-31,35H,17-19,21-26H2,1-4H3,(H,41,45). The molecule has 7 nitrogen and oxygen atoms in total. The minimum atomic E-state index is -3.84. The van der Waals surface area contributed by atoms with Gasteiger partial charge in [-0.15, -0.1) is 0 Å². The minimum Gasteiger partial charge on any atom is -0.350 e. The Balaban J connectivity index is 1.31. The summed E-state index contributed by atoms with van der Waals surface area (Å²) in [6, 6.07) is 24.3. The lowest BCUT2D eigenvalue weighted by molar-refractivity contribution is -0.140. The van der Waals surface area contributed by atoms with Crippen molar-refractivity contribution in [3.63, 3.8) is 0 Å². The number of nitrogens with one attached hydrogen (secondary N) is 1. The molecular formula is C39H48BrN3O4S. The average molecular weight is 735 g/mol. The molecule has 1 unspecified atom stereocenters. The predicted molar refractivity (Wildman–Crippen MR) is 195 cm³/mol. The molecule has 1 N–H and O–H groups in total. The van der Waals surface area contributed by atoms with Crippen LogP contribution < -0.4 is 9.62 Å². The van der Waals surface area contributed by atoms with Crippen LogP contribution in [0.1, 0.15) is 76.0 Å². The number of hydrogen-bond donors (Lipinski definition) is 1. The minimum absolute atomic E-state index is 0.135. The normalized spacial score (nSPS) is 23.8. The third-order valence-electron chi connectivity index (χ3n) is 10.5. The second kappa shape index (κ2) is 13.6. The van der Waals surface area contributed by atoms with E-state index in [0.29, 0.717) is 5.69 Å². The summed E-state index contributed by atoms with van der Waals surface area (Å²) < 4.78 is 28.7. The first-order chi connectivity index (χ1) is 22.7. The highest BCUT2D eigenvalue weighted by molar-refractivity contribution is 9.10. The Bertz CT molecular complexity index is 1700. The van der Waals surface area contributed by atoms with E-state index in [9.17, 15) is 18.0 Å². The number of benzene rings is 3. The van der Waals surface area contributed by atoms with Crippen LogP contribution in [-0.2, 0) is 38.0 Å². The quantitative estimate of drug-likeness (QED) is 0.225. The van der Waals surface area contributed by atoms with E-state index in [0.717, 1.165) is 39.6 Å². The molecule has 48 heavy (non-hydrogen) atoms. The van der Waals surface area contributed by atoms with Crippen molar-refractivity contribution >= 4 is 43.5 Å². The van der Waals surface area contributed by atoms with E-state index in [1.54, 1.807) is 0 Å². The van der Waals surface area contributed by atoms with Crippen molar-refractivity contribution in [2.75, 3.05) is 17.1 Å².